The zero-order valence-electron chi connectivity index (χ0n) is 12.6. The number of likely N-dealkylation sites (tertiary alicyclic amines) is 1. The molecule has 0 saturated carbocycles. The molecule has 5 heteroatoms. The van der Waals surface area contributed by atoms with Crippen LogP contribution < -0.4 is 5.32 Å². The zero-order chi connectivity index (χ0) is 14.7. The fourth-order valence-electron chi connectivity index (χ4n) is 3.21. The van der Waals surface area contributed by atoms with Crippen LogP contribution in [0.2, 0.25) is 0 Å². The molecule has 0 bridgehead atoms. The van der Waals surface area contributed by atoms with Crippen LogP contribution in [-0.4, -0.2) is 48.0 Å². The smallest absolute Gasteiger partial charge is 0.261 e. The largest absolute Gasteiger partial charge is 0.351 e. The molecule has 3 rings (SSSR count). The molecule has 1 aromatic rings. The molecule has 1 amide bonds. The van der Waals surface area contributed by atoms with E-state index in [1.165, 1.54) is 60.8 Å². The number of hydrogen-bond acceptors (Lipinski definition) is 4. The summed E-state index contributed by atoms with van der Waals surface area (Å²) >= 11 is 3.63. The van der Waals surface area contributed by atoms with E-state index in [0.717, 1.165) is 17.5 Å². The van der Waals surface area contributed by atoms with Crippen molar-refractivity contribution in [3.8, 4) is 0 Å². The maximum atomic E-state index is 12.1. The second-order valence-electron chi connectivity index (χ2n) is 6.20. The van der Waals surface area contributed by atoms with Crippen LogP contribution >= 0.6 is 23.1 Å². The van der Waals surface area contributed by atoms with Crippen molar-refractivity contribution in [3.63, 3.8) is 0 Å². The lowest BCUT2D eigenvalue weighted by atomic mass is 9.95. The van der Waals surface area contributed by atoms with E-state index >= 15 is 0 Å². The normalized spacial score (nSPS) is 24.3. The summed E-state index contributed by atoms with van der Waals surface area (Å²) in [6, 6.07) is 2.79. The number of piperidine rings is 1. The number of aryl methyl sites for hydroxylation is 1. The molecule has 2 saturated heterocycles. The lowest BCUT2D eigenvalue weighted by Gasteiger charge is -2.35. The summed E-state index contributed by atoms with van der Waals surface area (Å²) < 4.78 is 0. The van der Waals surface area contributed by atoms with E-state index in [1.807, 2.05) is 18.4 Å². The Hall–Kier alpha value is -0.520. The van der Waals surface area contributed by atoms with Gasteiger partial charge < -0.3 is 5.32 Å². The summed E-state index contributed by atoms with van der Waals surface area (Å²) in [5.41, 5.74) is 1.17. The Morgan fingerprint density at radius 3 is 2.81 bits per heavy atom. The number of nitrogens with one attached hydrogen (secondary N) is 1. The quantitative estimate of drug-likeness (QED) is 0.924. The van der Waals surface area contributed by atoms with Gasteiger partial charge in [0.2, 0.25) is 0 Å². The second-order valence-corrected chi connectivity index (χ2v) is 8.26. The van der Waals surface area contributed by atoms with Gasteiger partial charge in [-0.3, -0.25) is 9.69 Å². The predicted octanol–water partition coefficient (Wildman–Crippen LogP) is 3.00. The number of carbonyl (C=O) groups excluding carboxylic acids is 1. The Balaban J connectivity index is 1.40. The minimum absolute atomic E-state index is 0.0997. The number of thioether (sulfide) groups is 1. The van der Waals surface area contributed by atoms with E-state index in [0.29, 0.717) is 5.92 Å². The topological polar surface area (TPSA) is 32.3 Å². The van der Waals surface area contributed by atoms with Gasteiger partial charge in [0.15, 0.2) is 0 Å². The number of rotatable bonds is 4. The first-order valence-corrected chi connectivity index (χ1v) is 9.91. The monoisotopic (exact) mass is 324 g/mol. The maximum absolute atomic E-state index is 12.1. The molecule has 0 radical (unpaired) electrons. The average molecular weight is 325 g/mol. The van der Waals surface area contributed by atoms with Crippen LogP contribution in [0.15, 0.2) is 11.4 Å². The molecule has 0 spiro atoms. The highest BCUT2D eigenvalue weighted by Gasteiger charge is 2.27. The van der Waals surface area contributed by atoms with Crippen LogP contribution in [-0.2, 0) is 0 Å². The van der Waals surface area contributed by atoms with Gasteiger partial charge in [0.1, 0.15) is 0 Å². The fraction of sp³-hybridized carbons (Fsp3) is 0.688. The van der Waals surface area contributed by atoms with E-state index in [-0.39, 0.29) is 5.91 Å². The van der Waals surface area contributed by atoms with Crippen molar-refractivity contribution < 1.29 is 4.79 Å². The van der Waals surface area contributed by atoms with Gasteiger partial charge in [0.05, 0.1) is 4.88 Å². The van der Waals surface area contributed by atoms with Crippen LogP contribution in [0.4, 0.5) is 0 Å². The van der Waals surface area contributed by atoms with E-state index in [2.05, 4.69) is 22.0 Å². The Labute approximate surface area is 135 Å². The summed E-state index contributed by atoms with van der Waals surface area (Å²) in [7, 11) is 0. The summed E-state index contributed by atoms with van der Waals surface area (Å²) in [6.07, 6.45) is 3.82. The molecule has 1 unspecified atom stereocenters. The first-order valence-electron chi connectivity index (χ1n) is 7.87. The fourth-order valence-corrected chi connectivity index (χ4v) is 5.28. The zero-order valence-corrected chi connectivity index (χ0v) is 14.3. The Morgan fingerprint density at radius 2 is 2.19 bits per heavy atom. The maximum Gasteiger partial charge on any atom is 0.261 e. The molecule has 2 aliphatic rings. The van der Waals surface area contributed by atoms with Crippen molar-refractivity contribution in [1.82, 2.24) is 10.2 Å². The third-order valence-electron chi connectivity index (χ3n) is 4.58. The summed E-state index contributed by atoms with van der Waals surface area (Å²) in [5.74, 6) is 3.41. The standard InChI is InChI=1S/C16H24N2OS2/c1-12-8-15(21-10-12)16(19)17-9-13-2-5-18(6-3-13)14-4-7-20-11-14/h8,10,13-14H,2-7,9,11H2,1H3,(H,17,19). The van der Waals surface area contributed by atoms with E-state index in [1.54, 1.807) is 0 Å². The van der Waals surface area contributed by atoms with Crippen molar-refractivity contribution >= 4 is 29.0 Å². The van der Waals surface area contributed by atoms with Gasteiger partial charge in [-0.2, -0.15) is 11.8 Å². The molecular weight excluding hydrogens is 300 g/mol. The molecule has 1 atom stereocenters. The van der Waals surface area contributed by atoms with Crippen LogP contribution in [0.3, 0.4) is 0 Å². The lowest BCUT2D eigenvalue weighted by Crippen LogP contribution is -2.43. The molecule has 0 aromatic carbocycles. The number of carbonyl (C=O) groups is 1. The van der Waals surface area contributed by atoms with Crippen molar-refractivity contribution in [3.05, 3.63) is 21.9 Å². The molecule has 21 heavy (non-hydrogen) atoms. The SMILES string of the molecule is Cc1csc(C(=O)NCC2CCN(C3CCSC3)CC2)c1. The van der Waals surface area contributed by atoms with Crippen molar-refractivity contribution in [2.45, 2.75) is 32.2 Å². The molecule has 2 fully saturated rings. The summed E-state index contributed by atoms with van der Waals surface area (Å²) in [5, 5.41) is 5.15. The van der Waals surface area contributed by atoms with Crippen molar-refractivity contribution in [2.75, 3.05) is 31.1 Å². The van der Waals surface area contributed by atoms with Gasteiger partial charge in [0.25, 0.3) is 5.91 Å². The van der Waals surface area contributed by atoms with Gasteiger partial charge in [-0.25, -0.2) is 0 Å². The van der Waals surface area contributed by atoms with Gasteiger partial charge in [-0.15, -0.1) is 11.3 Å². The minimum Gasteiger partial charge on any atom is -0.351 e. The Bertz CT molecular complexity index is 474. The van der Waals surface area contributed by atoms with E-state index in [9.17, 15) is 4.79 Å². The van der Waals surface area contributed by atoms with Crippen LogP contribution in [0.5, 0.6) is 0 Å². The van der Waals surface area contributed by atoms with Crippen LogP contribution in [0.25, 0.3) is 0 Å². The number of amides is 1. The number of nitrogens with zero attached hydrogens (tertiary/aromatic N) is 1. The summed E-state index contributed by atoms with van der Waals surface area (Å²) in [4.78, 5) is 15.6. The number of hydrogen-bond donors (Lipinski definition) is 1. The molecule has 3 nitrogen and oxygen atoms in total. The highest BCUT2D eigenvalue weighted by Crippen LogP contribution is 2.26. The Kier molecular flexibility index (Phi) is 5.24. The third-order valence-corrected chi connectivity index (χ3v) is 6.77. The Morgan fingerprint density at radius 1 is 1.38 bits per heavy atom. The highest BCUT2D eigenvalue weighted by molar-refractivity contribution is 7.99. The predicted molar refractivity (Wildman–Crippen MR) is 91.4 cm³/mol. The first-order chi connectivity index (χ1) is 10.2. The molecule has 0 aliphatic carbocycles. The van der Waals surface area contributed by atoms with Gasteiger partial charge in [-0.1, -0.05) is 0 Å². The van der Waals surface area contributed by atoms with Crippen molar-refractivity contribution in [2.24, 2.45) is 5.92 Å². The summed E-state index contributed by atoms with van der Waals surface area (Å²) in [6.45, 7) is 5.29. The van der Waals surface area contributed by atoms with Gasteiger partial charge in [-0.05, 0) is 68.0 Å². The van der Waals surface area contributed by atoms with Crippen molar-refractivity contribution in [1.29, 1.82) is 0 Å². The molecule has 3 heterocycles. The lowest BCUT2D eigenvalue weighted by molar-refractivity contribution is 0.0932. The molecular formula is C16H24N2OS2. The van der Waals surface area contributed by atoms with E-state index in [4.69, 9.17) is 0 Å². The first kappa shape index (κ1) is 15.4. The average Bonchev–Trinajstić information content (AvgIpc) is 3.16. The third kappa shape index (κ3) is 4.02. The van der Waals surface area contributed by atoms with Crippen LogP contribution in [0.1, 0.15) is 34.5 Å². The molecule has 2 aliphatic heterocycles. The van der Waals surface area contributed by atoms with Gasteiger partial charge in [0, 0.05) is 18.3 Å². The second kappa shape index (κ2) is 7.16. The molecule has 1 N–H and O–H groups in total. The number of thiophene rings is 1. The van der Waals surface area contributed by atoms with Crippen LogP contribution in [0, 0.1) is 12.8 Å². The molecule has 116 valence electrons. The molecule has 1 aromatic heterocycles. The highest BCUT2D eigenvalue weighted by atomic mass is 32.2. The van der Waals surface area contributed by atoms with E-state index < -0.39 is 0 Å². The minimum atomic E-state index is 0.0997. The van der Waals surface area contributed by atoms with Gasteiger partial charge >= 0.3 is 0 Å².